The lowest BCUT2D eigenvalue weighted by Crippen LogP contribution is -2.12. The molecule has 3 aromatic rings. The molecule has 0 bridgehead atoms. The molecule has 0 aliphatic heterocycles. The average molecular weight is 330 g/mol. The maximum atomic E-state index is 13.7. The predicted molar refractivity (Wildman–Crippen MR) is 90.6 cm³/mol. The van der Waals surface area contributed by atoms with Crippen molar-refractivity contribution in [1.29, 1.82) is 0 Å². The fourth-order valence-electron chi connectivity index (χ4n) is 3.78. The number of alkyl halides is 3. The highest BCUT2D eigenvalue weighted by Gasteiger charge is 2.38. The zero-order valence-electron chi connectivity index (χ0n) is 13.5. The van der Waals surface area contributed by atoms with E-state index in [0.29, 0.717) is 29.6 Å². The van der Waals surface area contributed by atoms with Gasteiger partial charge in [-0.1, -0.05) is 24.3 Å². The number of hydrogen-bond acceptors (Lipinski definition) is 2. The van der Waals surface area contributed by atoms with Gasteiger partial charge in [0.05, 0.1) is 11.1 Å². The van der Waals surface area contributed by atoms with E-state index in [1.54, 1.807) is 12.1 Å². The number of nitrogens with zero attached hydrogens (tertiary/aromatic N) is 2. The Balaban J connectivity index is 2.17. The van der Waals surface area contributed by atoms with E-state index in [1.807, 2.05) is 37.2 Å². The van der Waals surface area contributed by atoms with Crippen LogP contribution >= 0.6 is 0 Å². The number of halogens is 3. The van der Waals surface area contributed by atoms with E-state index in [0.717, 1.165) is 22.9 Å². The molecule has 24 heavy (non-hydrogen) atoms. The second kappa shape index (κ2) is 5.10. The maximum Gasteiger partial charge on any atom is 0.417 e. The first-order valence-electron chi connectivity index (χ1n) is 7.99. The number of aromatic nitrogens is 1. The van der Waals surface area contributed by atoms with Gasteiger partial charge in [-0.05, 0) is 30.9 Å². The first-order chi connectivity index (χ1) is 11.4. The molecule has 1 aliphatic carbocycles. The predicted octanol–water partition coefficient (Wildman–Crippen LogP) is 4.96. The molecule has 124 valence electrons. The van der Waals surface area contributed by atoms with E-state index < -0.39 is 11.7 Å². The van der Waals surface area contributed by atoms with Crippen LogP contribution in [-0.4, -0.2) is 19.1 Å². The van der Waals surface area contributed by atoms with Crippen molar-refractivity contribution in [3.8, 4) is 0 Å². The first kappa shape index (κ1) is 15.2. The Morgan fingerprint density at radius 3 is 2.42 bits per heavy atom. The van der Waals surface area contributed by atoms with Crippen molar-refractivity contribution in [2.45, 2.75) is 25.4 Å². The van der Waals surface area contributed by atoms with Gasteiger partial charge in [-0.25, -0.2) is 0 Å². The molecular weight excluding hydrogens is 313 g/mol. The molecule has 5 heteroatoms. The lowest BCUT2D eigenvalue weighted by Gasteiger charge is -2.19. The van der Waals surface area contributed by atoms with Crippen LogP contribution in [0, 0.1) is 0 Å². The molecule has 2 aromatic carbocycles. The van der Waals surface area contributed by atoms with Crippen LogP contribution < -0.4 is 4.90 Å². The lowest BCUT2D eigenvalue weighted by molar-refractivity contribution is -0.136. The molecule has 4 rings (SSSR count). The van der Waals surface area contributed by atoms with Gasteiger partial charge in [0.15, 0.2) is 0 Å². The summed E-state index contributed by atoms with van der Waals surface area (Å²) in [5, 5.41) is 1.92. The summed E-state index contributed by atoms with van der Waals surface area (Å²) in [6.45, 7) is 0. The minimum Gasteiger partial charge on any atom is -0.377 e. The zero-order valence-corrected chi connectivity index (χ0v) is 13.5. The summed E-state index contributed by atoms with van der Waals surface area (Å²) in [5.41, 5.74) is 1.95. The Bertz CT molecular complexity index is 958. The number of hydrogen-bond donors (Lipinski definition) is 0. The molecule has 0 N–H and O–H groups in total. The Hall–Kier alpha value is -2.30. The van der Waals surface area contributed by atoms with Gasteiger partial charge in [-0.15, -0.1) is 0 Å². The minimum atomic E-state index is -4.36. The Morgan fingerprint density at radius 2 is 1.71 bits per heavy atom. The summed E-state index contributed by atoms with van der Waals surface area (Å²) in [6.07, 6.45) is -2.54. The maximum absolute atomic E-state index is 13.7. The molecule has 0 amide bonds. The quantitative estimate of drug-likeness (QED) is 0.586. The lowest BCUT2D eigenvalue weighted by atomic mass is 9.97. The number of fused-ring (bicyclic) bond motifs is 4. The first-order valence-corrected chi connectivity index (χ1v) is 7.99. The summed E-state index contributed by atoms with van der Waals surface area (Å²) in [5.74, 6) is 0. The smallest absolute Gasteiger partial charge is 0.377 e. The Kier molecular flexibility index (Phi) is 3.24. The van der Waals surface area contributed by atoms with Crippen molar-refractivity contribution in [2.75, 3.05) is 19.0 Å². The number of aryl methyl sites for hydroxylation is 1. The van der Waals surface area contributed by atoms with Crippen LogP contribution in [0.4, 0.5) is 18.9 Å². The SMILES string of the molecule is CN(C)c1cccc2c1ccc1c(C(F)(F)F)c3c(nc12)CCC3. The third kappa shape index (κ3) is 2.14. The van der Waals surface area contributed by atoms with Crippen LogP contribution in [0.25, 0.3) is 21.7 Å². The zero-order chi connectivity index (χ0) is 17.1. The van der Waals surface area contributed by atoms with E-state index in [4.69, 9.17) is 0 Å². The summed E-state index contributed by atoms with van der Waals surface area (Å²) in [4.78, 5) is 6.60. The van der Waals surface area contributed by atoms with Crippen LogP contribution in [0.15, 0.2) is 30.3 Å². The molecule has 0 atom stereocenters. The second-order valence-electron chi connectivity index (χ2n) is 6.49. The van der Waals surface area contributed by atoms with Crippen LogP contribution in [0.5, 0.6) is 0 Å². The third-order valence-corrected chi connectivity index (χ3v) is 4.78. The standard InChI is InChI=1S/C19H17F3N2/c1-24(2)16-8-4-5-12-11(16)9-10-14-17(19(20,21)22)13-6-3-7-15(13)23-18(12)14/h4-5,8-10H,3,6-7H2,1-2H3. The average Bonchev–Trinajstić information content (AvgIpc) is 2.98. The molecule has 1 aliphatic rings. The van der Waals surface area contributed by atoms with Crippen LogP contribution in [0.2, 0.25) is 0 Å². The molecule has 2 nitrogen and oxygen atoms in total. The molecule has 0 spiro atoms. The molecule has 0 saturated carbocycles. The minimum absolute atomic E-state index is 0.214. The van der Waals surface area contributed by atoms with Crippen molar-refractivity contribution in [1.82, 2.24) is 4.98 Å². The molecular formula is C19H17F3N2. The topological polar surface area (TPSA) is 16.1 Å². The Labute approximate surface area is 137 Å². The summed E-state index contributed by atoms with van der Waals surface area (Å²) in [7, 11) is 3.85. The second-order valence-corrected chi connectivity index (χ2v) is 6.49. The van der Waals surface area contributed by atoms with Gasteiger partial charge >= 0.3 is 6.18 Å². The summed E-state index contributed by atoms with van der Waals surface area (Å²) in [6, 6.07) is 9.06. The highest BCUT2D eigenvalue weighted by molar-refractivity contribution is 6.10. The van der Waals surface area contributed by atoms with Gasteiger partial charge in [0.2, 0.25) is 0 Å². The van der Waals surface area contributed by atoms with Crippen LogP contribution in [-0.2, 0) is 19.0 Å². The van der Waals surface area contributed by atoms with Gasteiger partial charge < -0.3 is 4.90 Å². The van der Waals surface area contributed by atoms with Gasteiger partial charge in [0, 0.05) is 41.6 Å². The van der Waals surface area contributed by atoms with Gasteiger partial charge in [0.1, 0.15) is 0 Å². The molecule has 1 heterocycles. The summed E-state index contributed by atoms with van der Waals surface area (Å²) < 4.78 is 41.2. The summed E-state index contributed by atoms with van der Waals surface area (Å²) >= 11 is 0. The fourth-order valence-corrected chi connectivity index (χ4v) is 3.78. The van der Waals surface area contributed by atoms with Gasteiger partial charge in [0.25, 0.3) is 0 Å². The molecule has 1 aromatic heterocycles. The van der Waals surface area contributed by atoms with Crippen molar-refractivity contribution in [3.05, 3.63) is 47.2 Å². The monoisotopic (exact) mass is 330 g/mol. The number of benzene rings is 2. The molecule has 0 fully saturated rings. The van der Waals surface area contributed by atoms with E-state index in [2.05, 4.69) is 4.98 Å². The van der Waals surface area contributed by atoms with E-state index in [-0.39, 0.29) is 5.39 Å². The van der Waals surface area contributed by atoms with E-state index in [9.17, 15) is 13.2 Å². The normalized spacial score (nSPS) is 14.4. The number of pyridine rings is 1. The van der Waals surface area contributed by atoms with Crippen LogP contribution in [0.1, 0.15) is 23.2 Å². The van der Waals surface area contributed by atoms with Crippen LogP contribution in [0.3, 0.4) is 0 Å². The fraction of sp³-hybridized carbons (Fsp3) is 0.316. The Morgan fingerprint density at radius 1 is 0.958 bits per heavy atom. The molecule has 0 saturated heterocycles. The molecule has 0 unspecified atom stereocenters. The largest absolute Gasteiger partial charge is 0.417 e. The number of anilines is 1. The van der Waals surface area contributed by atoms with Crippen molar-refractivity contribution < 1.29 is 13.2 Å². The van der Waals surface area contributed by atoms with Gasteiger partial charge in [-0.3, -0.25) is 4.98 Å². The highest BCUT2D eigenvalue weighted by Crippen LogP contribution is 2.43. The highest BCUT2D eigenvalue weighted by atomic mass is 19.4. The van der Waals surface area contributed by atoms with E-state index >= 15 is 0 Å². The number of rotatable bonds is 1. The van der Waals surface area contributed by atoms with Gasteiger partial charge in [-0.2, -0.15) is 13.2 Å². The van der Waals surface area contributed by atoms with Crippen molar-refractivity contribution >= 4 is 27.4 Å². The van der Waals surface area contributed by atoms with Crippen molar-refractivity contribution in [2.24, 2.45) is 0 Å². The van der Waals surface area contributed by atoms with Crippen molar-refractivity contribution in [3.63, 3.8) is 0 Å². The van der Waals surface area contributed by atoms with E-state index in [1.165, 1.54) is 0 Å². The third-order valence-electron chi connectivity index (χ3n) is 4.78. The molecule has 0 radical (unpaired) electrons.